The van der Waals surface area contributed by atoms with E-state index in [-0.39, 0.29) is 6.09 Å². The van der Waals surface area contributed by atoms with E-state index >= 15 is 0 Å². The summed E-state index contributed by atoms with van der Waals surface area (Å²) in [7, 11) is 0. The monoisotopic (exact) mass is 243 g/mol. The summed E-state index contributed by atoms with van der Waals surface area (Å²) in [5, 5.41) is 0. The Kier molecular flexibility index (Phi) is 3.24. The van der Waals surface area contributed by atoms with Gasteiger partial charge in [0.1, 0.15) is 5.60 Å². The molecule has 0 fully saturated rings. The van der Waals surface area contributed by atoms with Crippen molar-refractivity contribution in [2.24, 2.45) is 0 Å². The average molecular weight is 243 g/mol. The summed E-state index contributed by atoms with van der Waals surface area (Å²) in [5.41, 5.74) is 1.34. The van der Waals surface area contributed by atoms with E-state index in [9.17, 15) is 4.79 Å². The molecule has 0 radical (unpaired) electrons. The van der Waals surface area contributed by atoms with Gasteiger partial charge in [0.05, 0.1) is 5.69 Å². The van der Waals surface area contributed by atoms with Gasteiger partial charge in [-0.3, -0.25) is 4.57 Å². The summed E-state index contributed by atoms with van der Waals surface area (Å²) in [6, 6.07) is 13.5. The van der Waals surface area contributed by atoms with Crippen LogP contribution in [0.15, 0.2) is 48.7 Å². The molecule has 0 aliphatic carbocycles. The fourth-order valence-corrected chi connectivity index (χ4v) is 1.70. The molecule has 3 heteroatoms. The van der Waals surface area contributed by atoms with Gasteiger partial charge in [-0.2, -0.15) is 0 Å². The molecule has 0 atom stereocenters. The smallest absolute Gasteiger partial charge is 0.418 e. The van der Waals surface area contributed by atoms with Crippen LogP contribution in [0.1, 0.15) is 20.8 Å². The topological polar surface area (TPSA) is 31.2 Å². The maximum atomic E-state index is 12.1. The van der Waals surface area contributed by atoms with Crippen LogP contribution in [-0.2, 0) is 4.74 Å². The summed E-state index contributed by atoms with van der Waals surface area (Å²) >= 11 is 0. The van der Waals surface area contributed by atoms with Crippen molar-refractivity contribution in [3.05, 3.63) is 48.7 Å². The van der Waals surface area contributed by atoms with Crippen LogP contribution in [-0.4, -0.2) is 16.3 Å². The van der Waals surface area contributed by atoms with Crippen molar-refractivity contribution in [2.45, 2.75) is 26.4 Å². The zero-order valence-electron chi connectivity index (χ0n) is 10.9. The molecule has 18 heavy (non-hydrogen) atoms. The lowest BCUT2D eigenvalue weighted by Crippen LogP contribution is -2.27. The van der Waals surface area contributed by atoms with Gasteiger partial charge in [0.15, 0.2) is 0 Å². The van der Waals surface area contributed by atoms with Gasteiger partial charge in [0.2, 0.25) is 0 Å². The summed E-state index contributed by atoms with van der Waals surface area (Å²) < 4.78 is 6.90. The third kappa shape index (κ3) is 2.80. The molecule has 0 spiro atoms. The van der Waals surface area contributed by atoms with Crippen molar-refractivity contribution in [1.29, 1.82) is 0 Å². The van der Waals surface area contributed by atoms with Crippen LogP contribution < -0.4 is 0 Å². The lowest BCUT2D eigenvalue weighted by molar-refractivity contribution is 0.0540. The number of ether oxygens (including phenoxy) is 1. The van der Waals surface area contributed by atoms with Crippen LogP contribution in [0.3, 0.4) is 0 Å². The molecule has 0 aliphatic heterocycles. The Morgan fingerprint density at radius 1 is 1.06 bits per heavy atom. The molecule has 0 aliphatic rings. The van der Waals surface area contributed by atoms with E-state index in [1.165, 1.54) is 4.57 Å². The molecule has 0 unspecified atom stereocenters. The van der Waals surface area contributed by atoms with Crippen molar-refractivity contribution in [3.63, 3.8) is 0 Å². The third-order valence-electron chi connectivity index (χ3n) is 2.41. The van der Waals surface area contributed by atoms with Gasteiger partial charge in [-0.1, -0.05) is 30.3 Å². The quantitative estimate of drug-likeness (QED) is 0.759. The van der Waals surface area contributed by atoms with E-state index in [0.717, 1.165) is 11.3 Å². The van der Waals surface area contributed by atoms with Crippen molar-refractivity contribution >= 4 is 6.09 Å². The second-order valence-electron chi connectivity index (χ2n) is 5.11. The molecule has 1 aromatic heterocycles. The molecule has 1 heterocycles. The minimum absolute atomic E-state index is 0.355. The summed E-state index contributed by atoms with van der Waals surface area (Å²) in [6.07, 6.45) is 1.36. The highest BCUT2D eigenvalue weighted by Crippen LogP contribution is 2.21. The average Bonchev–Trinajstić information content (AvgIpc) is 2.76. The van der Waals surface area contributed by atoms with E-state index in [0.29, 0.717) is 0 Å². The Bertz CT molecular complexity index is 535. The fraction of sp³-hybridized carbons (Fsp3) is 0.267. The van der Waals surface area contributed by atoms with Gasteiger partial charge >= 0.3 is 6.09 Å². The maximum Gasteiger partial charge on any atom is 0.418 e. The molecule has 1 aromatic carbocycles. The van der Waals surface area contributed by atoms with E-state index < -0.39 is 5.60 Å². The van der Waals surface area contributed by atoms with Gasteiger partial charge in [0.25, 0.3) is 0 Å². The van der Waals surface area contributed by atoms with Crippen molar-refractivity contribution in [2.75, 3.05) is 0 Å². The number of carbonyl (C=O) groups excluding carboxylic acids is 1. The van der Waals surface area contributed by atoms with Gasteiger partial charge in [-0.15, -0.1) is 0 Å². The summed E-state index contributed by atoms with van der Waals surface area (Å²) in [4.78, 5) is 12.1. The second kappa shape index (κ2) is 4.69. The Morgan fingerprint density at radius 2 is 1.72 bits per heavy atom. The molecule has 0 amide bonds. The lowest BCUT2D eigenvalue weighted by Gasteiger charge is -2.20. The lowest BCUT2D eigenvalue weighted by atomic mass is 10.1. The van der Waals surface area contributed by atoms with Crippen LogP contribution in [0.4, 0.5) is 4.79 Å². The number of hydrogen-bond acceptors (Lipinski definition) is 2. The van der Waals surface area contributed by atoms with E-state index in [1.807, 2.05) is 63.2 Å². The first-order valence-corrected chi connectivity index (χ1v) is 5.93. The van der Waals surface area contributed by atoms with Crippen LogP contribution in [0.2, 0.25) is 0 Å². The van der Waals surface area contributed by atoms with Crippen molar-refractivity contribution in [3.8, 4) is 11.3 Å². The van der Waals surface area contributed by atoms with Gasteiger partial charge < -0.3 is 4.74 Å². The van der Waals surface area contributed by atoms with E-state index in [2.05, 4.69) is 0 Å². The minimum atomic E-state index is -0.491. The highest BCUT2D eigenvalue weighted by atomic mass is 16.6. The third-order valence-corrected chi connectivity index (χ3v) is 2.41. The molecular weight excluding hydrogens is 226 g/mol. The number of benzene rings is 1. The second-order valence-corrected chi connectivity index (χ2v) is 5.11. The zero-order valence-corrected chi connectivity index (χ0v) is 10.9. The van der Waals surface area contributed by atoms with Crippen LogP contribution in [0.5, 0.6) is 0 Å². The number of aromatic nitrogens is 1. The molecular formula is C15H17NO2. The molecule has 0 N–H and O–H groups in total. The Balaban J connectivity index is 2.32. The first-order chi connectivity index (χ1) is 8.47. The number of nitrogens with zero attached hydrogens (tertiary/aromatic N) is 1. The van der Waals surface area contributed by atoms with E-state index in [4.69, 9.17) is 4.74 Å². The van der Waals surface area contributed by atoms with Gasteiger partial charge in [0, 0.05) is 6.20 Å². The Hall–Kier alpha value is -2.03. The van der Waals surface area contributed by atoms with Crippen LogP contribution in [0.25, 0.3) is 11.3 Å². The van der Waals surface area contributed by atoms with E-state index in [1.54, 1.807) is 6.20 Å². The molecule has 2 aromatic rings. The summed E-state index contributed by atoms with van der Waals surface area (Å²) in [6.45, 7) is 5.57. The number of hydrogen-bond donors (Lipinski definition) is 0. The first kappa shape index (κ1) is 12.4. The molecule has 0 saturated carbocycles. The molecule has 0 saturated heterocycles. The Labute approximate surface area is 107 Å². The maximum absolute atomic E-state index is 12.1. The predicted molar refractivity (Wildman–Crippen MR) is 71.5 cm³/mol. The fourth-order valence-electron chi connectivity index (χ4n) is 1.70. The normalized spacial score (nSPS) is 11.3. The molecule has 94 valence electrons. The highest BCUT2D eigenvalue weighted by Gasteiger charge is 2.19. The molecule has 0 bridgehead atoms. The predicted octanol–water partition coefficient (Wildman–Crippen LogP) is 3.94. The number of rotatable bonds is 1. The van der Waals surface area contributed by atoms with Gasteiger partial charge in [-0.25, -0.2) is 4.79 Å². The van der Waals surface area contributed by atoms with Crippen molar-refractivity contribution in [1.82, 2.24) is 4.57 Å². The van der Waals surface area contributed by atoms with Gasteiger partial charge in [-0.05, 0) is 38.5 Å². The number of carbonyl (C=O) groups is 1. The van der Waals surface area contributed by atoms with Crippen molar-refractivity contribution < 1.29 is 9.53 Å². The minimum Gasteiger partial charge on any atom is -0.443 e. The zero-order chi connectivity index (χ0) is 13.2. The van der Waals surface area contributed by atoms with Crippen LogP contribution in [0, 0.1) is 0 Å². The SMILES string of the molecule is CC(C)(C)OC(=O)n1cccc1-c1ccccc1. The highest BCUT2D eigenvalue weighted by molar-refractivity contribution is 5.78. The van der Waals surface area contributed by atoms with Crippen LogP contribution >= 0.6 is 0 Å². The Morgan fingerprint density at radius 3 is 2.33 bits per heavy atom. The molecule has 3 nitrogen and oxygen atoms in total. The largest absolute Gasteiger partial charge is 0.443 e. The molecule has 2 rings (SSSR count). The standard InChI is InChI=1S/C15H17NO2/c1-15(2,3)18-14(17)16-11-7-10-13(16)12-8-5-4-6-9-12/h4-11H,1-3H3. The first-order valence-electron chi connectivity index (χ1n) is 5.93. The summed E-state index contributed by atoms with van der Waals surface area (Å²) in [5.74, 6) is 0.